The molecule has 0 radical (unpaired) electrons. The molecule has 0 bridgehead atoms. The first-order chi connectivity index (χ1) is 15.1. The fourth-order valence-corrected chi connectivity index (χ4v) is 4.35. The molecule has 1 aliphatic heterocycles. The average molecular weight is 414 g/mol. The molecule has 0 unspecified atom stereocenters. The van der Waals surface area contributed by atoms with Gasteiger partial charge in [-0.2, -0.15) is 9.61 Å². The maximum atomic E-state index is 5.05. The monoisotopic (exact) mass is 413 g/mol. The molecule has 31 heavy (non-hydrogen) atoms. The molecular weight excluding hydrogens is 384 g/mol. The van der Waals surface area contributed by atoms with E-state index in [4.69, 9.17) is 10.1 Å². The van der Waals surface area contributed by atoms with Crippen molar-refractivity contribution in [2.24, 2.45) is 0 Å². The van der Waals surface area contributed by atoms with Crippen LogP contribution in [0.25, 0.3) is 16.8 Å². The number of rotatable bonds is 4. The Hall–Kier alpha value is -3.41. The lowest BCUT2D eigenvalue weighted by Gasteiger charge is -2.32. The molecular formula is C25H29N6+. The summed E-state index contributed by atoms with van der Waals surface area (Å²) < 4.78 is 2.05. The highest BCUT2D eigenvalue weighted by atomic mass is 15.4. The number of aromatic amines is 1. The number of piperazine rings is 1. The van der Waals surface area contributed by atoms with Crippen LogP contribution >= 0.6 is 0 Å². The zero-order valence-corrected chi connectivity index (χ0v) is 18.4. The van der Waals surface area contributed by atoms with E-state index in [0.717, 1.165) is 54.6 Å². The lowest BCUT2D eigenvalue weighted by Crippen LogP contribution is -2.48. The Labute approximate surface area is 183 Å². The number of aryl methyl sites for hydroxylation is 1. The molecule has 1 saturated heterocycles. The summed E-state index contributed by atoms with van der Waals surface area (Å²) in [5.74, 6) is 2.66. The molecule has 1 aromatic carbocycles. The standard InChI is InChI=1S/C25H28N6/c1-18(2)21-17-23(30-15-13-29(14-16-30)22-11-7-8-12-26-22)31-25(27-21)24(19(3)28-31)20-9-5-4-6-10-20/h4-12,17-18H,13-16H2,1-3H3/p+1. The van der Waals surface area contributed by atoms with E-state index in [9.17, 15) is 0 Å². The summed E-state index contributed by atoms with van der Waals surface area (Å²) in [6.45, 7) is 10.3. The van der Waals surface area contributed by atoms with Crippen LogP contribution < -0.4 is 14.8 Å². The highest BCUT2D eigenvalue weighted by molar-refractivity contribution is 5.81. The second-order valence-corrected chi connectivity index (χ2v) is 8.48. The first-order valence-corrected chi connectivity index (χ1v) is 11.0. The van der Waals surface area contributed by atoms with Gasteiger partial charge in [0.1, 0.15) is 18.9 Å². The molecule has 5 rings (SSSR count). The van der Waals surface area contributed by atoms with Crippen LogP contribution in [0.3, 0.4) is 0 Å². The summed E-state index contributed by atoms with van der Waals surface area (Å²) in [4.78, 5) is 13.3. The Morgan fingerprint density at radius 1 is 0.903 bits per heavy atom. The van der Waals surface area contributed by atoms with Crippen molar-refractivity contribution in [3.8, 4) is 11.1 Å². The Morgan fingerprint density at radius 2 is 1.61 bits per heavy atom. The van der Waals surface area contributed by atoms with E-state index in [1.807, 2.05) is 22.8 Å². The number of nitrogens with one attached hydrogen (secondary N) is 1. The second kappa shape index (κ2) is 8.02. The Morgan fingerprint density at radius 3 is 2.29 bits per heavy atom. The fraction of sp³-hybridized carbons (Fsp3) is 0.320. The van der Waals surface area contributed by atoms with Crippen molar-refractivity contribution in [1.29, 1.82) is 0 Å². The first kappa shape index (κ1) is 19.5. The third kappa shape index (κ3) is 3.63. The molecule has 6 nitrogen and oxygen atoms in total. The van der Waals surface area contributed by atoms with Crippen molar-refractivity contribution in [2.75, 3.05) is 36.0 Å². The third-order valence-corrected chi connectivity index (χ3v) is 6.06. The van der Waals surface area contributed by atoms with E-state index in [2.05, 4.69) is 78.0 Å². The maximum Gasteiger partial charge on any atom is 0.274 e. The van der Waals surface area contributed by atoms with Gasteiger partial charge in [0.2, 0.25) is 0 Å². The summed E-state index contributed by atoms with van der Waals surface area (Å²) in [5, 5.41) is 4.93. The number of H-pyrrole nitrogens is 1. The maximum absolute atomic E-state index is 5.05. The molecule has 4 heterocycles. The zero-order valence-electron chi connectivity index (χ0n) is 18.4. The summed E-state index contributed by atoms with van der Waals surface area (Å²) >= 11 is 0. The zero-order chi connectivity index (χ0) is 21.4. The van der Waals surface area contributed by atoms with Crippen LogP contribution in [0.15, 0.2) is 60.8 Å². The van der Waals surface area contributed by atoms with Crippen molar-refractivity contribution < 1.29 is 4.98 Å². The normalized spacial score (nSPS) is 14.6. The lowest BCUT2D eigenvalue weighted by molar-refractivity contribution is -0.364. The summed E-state index contributed by atoms with van der Waals surface area (Å²) in [7, 11) is 0. The van der Waals surface area contributed by atoms with Gasteiger partial charge >= 0.3 is 0 Å². The molecule has 4 aromatic rings. The summed E-state index contributed by atoms with van der Waals surface area (Å²) in [5.41, 5.74) is 5.36. The van der Waals surface area contributed by atoms with Gasteiger partial charge in [0.15, 0.2) is 5.65 Å². The van der Waals surface area contributed by atoms with E-state index in [1.165, 1.54) is 11.4 Å². The summed E-state index contributed by atoms with van der Waals surface area (Å²) in [6.07, 6.45) is 1.99. The van der Waals surface area contributed by atoms with Crippen molar-refractivity contribution in [3.05, 3.63) is 72.2 Å². The number of aromatic nitrogens is 4. The van der Waals surface area contributed by atoms with Gasteiger partial charge in [0.25, 0.3) is 5.82 Å². The number of anilines is 2. The van der Waals surface area contributed by atoms with Crippen LogP contribution in [0.1, 0.15) is 31.2 Å². The summed E-state index contributed by atoms with van der Waals surface area (Å²) in [6, 6.07) is 18.9. The largest absolute Gasteiger partial charge is 0.349 e. The predicted octanol–water partition coefficient (Wildman–Crippen LogP) is 3.97. The number of pyridine rings is 1. The molecule has 0 atom stereocenters. The minimum Gasteiger partial charge on any atom is -0.349 e. The van der Waals surface area contributed by atoms with Crippen LogP contribution in [-0.2, 0) is 0 Å². The van der Waals surface area contributed by atoms with E-state index < -0.39 is 0 Å². The van der Waals surface area contributed by atoms with Gasteiger partial charge in [-0.3, -0.25) is 4.90 Å². The third-order valence-electron chi connectivity index (χ3n) is 6.06. The van der Waals surface area contributed by atoms with Crippen LogP contribution in [0.5, 0.6) is 0 Å². The molecule has 0 amide bonds. The number of nitrogens with zero attached hydrogens (tertiary/aromatic N) is 5. The van der Waals surface area contributed by atoms with Crippen molar-refractivity contribution in [1.82, 2.24) is 14.6 Å². The smallest absolute Gasteiger partial charge is 0.274 e. The molecule has 1 N–H and O–H groups in total. The Bertz CT molecular complexity index is 1180. The first-order valence-electron chi connectivity index (χ1n) is 11.0. The van der Waals surface area contributed by atoms with E-state index in [-0.39, 0.29) is 0 Å². The van der Waals surface area contributed by atoms with E-state index >= 15 is 0 Å². The molecule has 1 aliphatic rings. The van der Waals surface area contributed by atoms with Gasteiger partial charge < -0.3 is 4.90 Å². The number of hydrogen-bond donors (Lipinski definition) is 0. The number of hydrogen-bond acceptors (Lipinski definition) is 4. The van der Waals surface area contributed by atoms with Crippen LogP contribution in [-0.4, -0.2) is 40.8 Å². The van der Waals surface area contributed by atoms with Gasteiger partial charge in [-0.15, -0.1) is 0 Å². The molecule has 3 aromatic heterocycles. The Kier molecular flexibility index (Phi) is 5.06. The van der Waals surface area contributed by atoms with Gasteiger partial charge in [0, 0.05) is 23.4 Å². The number of fused-ring (bicyclic) bond motifs is 1. The van der Waals surface area contributed by atoms with Gasteiger partial charge in [-0.1, -0.05) is 50.2 Å². The van der Waals surface area contributed by atoms with Gasteiger partial charge in [-0.25, -0.2) is 9.97 Å². The highest BCUT2D eigenvalue weighted by Gasteiger charge is 2.26. The van der Waals surface area contributed by atoms with Crippen molar-refractivity contribution >= 4 is 17.3 Å². The average Bonchev–Trinajstić information content (AvgIpc) is 3.15. The van der Waals surface area contributed by atoms with Gasteiger partial charge in [0.05, 0.1) is 25.0 Å². The minimum absolute atomic E-state index is 0.350. The highest BCUT2D eigenvalue weighted by Crippen LogP contribution is 2.32. The van der Waals surface area contributed by atoms with Crippen molar-refractivity contribution in [3.63, 3.8) is 0 Å². The van der Waals surface area contributed by atoms with Crippen LogP contribution in [0, 0.1) is 6.92 Å². The molecule has 0 saturated carbocycles. The Balaban J connectivity index is 1.54. The molecule has 1 fully saturated rings. The van der Waals surface area contributed by atoms with E-state index in [1.54, 1.807) is 0 Å². The topological polar surface area (TPSA) is 50.8 Å². The molecule has 158 valence electrons. The molecule has 6 heteroatoms. The van der Waals surface area contributed by atoms with Crippen LogP contribution in [0.4, 0.5) is 11.6 Å². The second-order valence-electron chi connectivity index (χ2n) is 8.48. The molecule has 0 spiro atoms. The number of benzene rings is 1. The fourth-order valence-electron chi connectivity index (χ4n) is 4.35. The molecule has 0 aliphatic carbocycles. The van der Waals surface area contributed by atoms with Crippen molar-refractivity contribution in [2.45, 2.75) is 26.7 Å². The van der Waals surface area contributed by atoms with Gasteiger partial charge in [-0.05, 0) is 24.5 Å². The SMILES string of the molecule is Cc1nn2c(N3CCN(c4cccc[nH+]4)CC3)cc(C(C)C)nc2c1-c1ccccc1. The predicted molar refractivity (Wildman–Crippen MR) is 125 cm³/mol. The van der Waals surface area contributed by atoms with E-state index in [0.29, 0.717) is 5.92 Å². The quantitative estimate of drug-likeness (QED) is 0.508. The van der Waals surface area contributed by atoms with Crippen LogP contribution in [0.2, 0.25) is 0 Å². The lowest BCUT2D eigenvalue weighted by atomic mass is 10.1. The minimum atomic E-state index is 0.350.